The van der Waals surface area contributed by atoms with Crippen LogP contribution in [0.2, 0.25) is 0 Å². The van der Waals surface area contributed by atoms with E-state index in [1.54, 1.807) is 0 Å². The first-order valence-corrected chi connectivity index (χ1v) is 9.27. The molecule has 0 heterocycles. The molecule has 142 valence electrons. The molecule has 1 atom stereocenters. The Kier molecular flexibility index (Phi) is 10.2. The van der Waals surface area contributed by atoms with E-state index in [4.69, 9.17) is 9.47 Å². The predicted molar refractivity (Wildman–Crippen MR) is 100 cm³/mol. The quantitative estimate of drug-likeness (QED) is 0.567. The molecular formula is C20H33NO4. The number of hydrogen-bond acceptors (Lipinski definition) is 5. The third-order valence-corrected chi connectivity index (χ3v) is 3.76. The van der Waals surface area contributed by atoms with Crippen LogP contribution in [-0.2, 0) is 22.4 Å². The first kappa shape index (κ1) is 21.5. The number of carbonyl (C=O) groups excluding carboxylic acids is 1. The number of aliphatic hydroxyl groups excluding tert-OH is 1. The zero-order chi connectivity index (χ0) is 18.7. The van der Waals surface area contributed by atoms with Crippen LogP contribution in [0.25, 0.3) is 0 Å². The van der Waals surface area contributed by atoms with Crippen molar-refractivity contribution < 1.29 is 19.4 Å². The average molecular weight is 351 g/mol. The Morgan fingerprint density at radius 2 is 2.00 bits per heavy atom. The van der Waals surface area contributed by atoms with Crippen LogP contribution in [-0.4, -0.2) is 43.0 Å². The van der Waals surface area contributed by atoms with Crippen LogP contribution in [0.15, 0.2) is 18.2 Å². The van der Waals surface area contributed by atoms with E-state index in [0.717, 1.165) is 29.7 Å². The van der Waals surface area contributed by atoms with Gasteiger partial charge in [-0.25, -0.2) is 0 Å². The molecule has 0 spiro atoms. The smallest absolute Gasteiger partial charge is 0.306 e. The van der Waals surface area contributed by atoms with Crippen molar-refractivity contribution >= 4 is 5.97 Å². The van der Waals surface area contributed by atoms with E-state index in [1.165, 1.54) is 0 Å². The minimum atomic E-state index is -0.541. The van der Waals surface area contributed by atoms with Gasteiger partial charge in [-0.05, 0) is 37.0 Å². The summed E-state index contributed by atoms with van der Waals surface area (Å²) in [7, 11) is 0. The van der Waals surface area contributed by atoms with E-state index in [-0.39, 0.29) is 12.6 Å². The van der Waals surface area contributed by atoms with Crippen LogP contribution in [0.3, 0.4) is 0 Å². The lowest BCUT2D eigenvalue weighted by atomic mass is 10.0. The molecular weight excluding hydrogens is 318 g/mol. The van der Waals surface area contributed by atoms with Gasteiger partial charge in [-0.15, -0.1) is 0 Å². The zero-order valence-electron chi connectivity index (χ0n) is 16.0. The number of nitrogens with one attached hydrogen (secondary N) is 1. The number of aliphatic hydroxyl groups is 1. The minimum Gasteiger partial charge on any atom is -0.491 e. The summed E-state index contributed by atoms with van der Waals surface area (Å²) in [5, 5.41) is 13.2. The van der Waals surface area contributed by atoms with E-state index in [2.05, 4.69) is 18.3 Å². The molecule has 5 heteroatoms. The highest BCUT2D eigenvalue weighted by molar-refractivity contribution is 5.69. The van der Waals surface area contributed by atoms with Gasteiger partial charge in [0.25, 0.3) is 0 Å². The van der Waals surface area contributed by atoms with Crippen LogP contribution in [0, 0.1) is 0 Å². The van der Waals surface area contributed by atoms with Crippen molar-refractivity contribution in [2.45, 2.75) is 65.5 Å². The number of rotatable bonds is 12. The molecule has 0 radical (unpaired) electrons. The molecule has 5 nitrogen and oxygen atoms in total. The molecule has 0 aliphatic heterocycles. The summed E-state index contributed by atoms with van der Waals surface area (Å²) in [5.74, 6) is 0.644. The number of aryl methyl sites for hydroxylation is 2. The first-order chi connectivity index (χ1) is 12.0. The zero-order valence-corrected chi connectivity index (χ0v) is 16.0. The molecule has 0 aliphatic carbocycles. The highest BCUT2D eigenvalue weighted by Crippen LogP contribution is 2.23. The molecule has 0 aliphatic rings. The lowest BCUT2D eigenvalue weighted by Crippen LogP contribution is -2.35. The molecule has 0 bridgehead atoms. The normalized spacial score (nSPS) is 12.2. The summed E-state index contributed by atoms with van der Waals surface area (Å²) in [6.07, 6.45) is 2.42. The van der Waals surface area contributed by atoms with Crippen LogP contribution < -0.4 is 10.1 Å². The Labute approximate surface area is 151 Å². The predicted octanol–water partition coefficient (Wildman–Crippen LogP) is 2.87. The van der Waals surface area contributed by atoms with Gasteiger partial charge < -0.3 is 19.9 Å². The standard InChI is InChI=1S/C20H33NO4/c1-5-7-17-12-16(9-11-20(23)24-6-2)8-10-19(17)25-14-18(22)13-21-15(3)4/h8,10,12,15,18,21-22H,5-7,9,11,13-14H2,1-4H3. The summed E-state index contributed by atoms with van der Waals surface area (Å²) in [6.45, 7) is 9.21. The second kappa shape index (κ2) is 11.9. The van der Waals surface area contributed by atoms with E-state index in [1.807, 2.05) is 32.9 Å². The second-order valence-electron chi connectivity index (χ2n) is 6.52. The molecule has 1 rings (SSSR count). The molecule has 1 unspecified atom stereocenters. The van der Waals surface area contributed by atoms with Crippen molar-refractivity contribution in [1.82, 2.24) is 5.32 Å². The molecule has 25 heavy (non-hydrogen) atoms. The third kappa shape index (κ3) is 8.89. The lowest BCUT2D eigenvalue weighted by molar-refractivity contribution is -0.143. The Hall–Kier alpha value is -1.59. The van der Waals surface area contributed by atoms with Gasteiger partial charge in [0, 0.05) is 19.0 Å². The number of benzene rings is 1. The van der Waals surface area contributed by atoms with E-state index in [9.17, 15) is 9.90 Å². The summed E-state index contributed by atoms with van der Waals surface area (Å²) in [4.78, 5) is 11.5. The van der Waals surface area contributed by atoms with Gasteiger partial charge >= 0.3 is 5.97 Å². The fraction of sp³-hybridized carbons (Fsp3) is 0.650. The maximum Gasteiger partial charge on any atom is 0.306 e. The van der Waals surface area contributed by atoms with E-state index < -0.39 is 6.10 Å². The van der Waals surface area contributed by atoms with Gasteiger partial charge in [0.2, 0.25) is 0 Å². The fourth-order valence-corrected chi connectivity index (χ4v) is 2.49. The number of ether oxygens (including phenoxy) is 2. The fourth-order valence-electron chi connectivity index (χ4n) is 2.49. The SMILES string of the molecule is CCCc1cc(CCC(=O)OCC)ccc1OCC(O)CNC(C)C. The summed E-state index contributed by atoms with van der Waals surface area (Å²) in [5.41, 5.74) is 2.22. The van der Waals surface area contributed by atoms with Gasteiger partial charge in [0.05, 0.1) is 6.61 Å². The Bertz CT molecular complexity index is 516. The summed E-state index contributed by atoms with van der Waals surface area (Å²) >= 11 is 0. The molecule has 0 saturated carbocycles. The maximum atomic E-state index is 11.5. The second-order valence-corrected chi connectivity index (χ2v) is 6.52. The largest absolute Gasteiger partial charge is 0.491 e. The van der Waals surface area contributed by atoms with Crippen molar-refractivity contribution in [3.05, 3.63) is 29.3 Å². The van der Waals surface area contributed by atoms with E-state index in [0.29, 0.717) is 32.0 Å². The van der Waals surface area contributed by atoms with Gasteiger partial charge in [0.15, 0.2) is 0 Å². The van der Waals surface area contributed by atoms with Gasteiger partial charge in [0.1, 0.15) is 18.5 Å². The monoisotopic (exact) mass is 351 g/mol. The summed E-state index contributed by atoms with van der Waals surface area (Å²) < 4.78 is 10.8. The van der Waals surface area contributed by atoms with Crippen LogP contribution in [0.4, 0.5) is 0 Å². The molecule has 0 amide bonds. The molecule has 1 aromatic carbocycles. The molecule has 0 saturated heterocycles. The average Bonchev–Trinajstić information content (AvgIpc) is 2.57. The minimum absolute atomic E-state index is 0.166. The number of esters is 1. The van der Waals surface area contributed by atoms with Crippen molar-refractivity contribution in [3.63, 3.8) is 0 Å². The Balaban J connectivity index is 2.62. The van der Waals surface area contributed by atoms with E-state index >= 15 is 0 Å². The van der Waals surface area contributed by atoms with Gasteiger partial charge in [-0.3, -0.25) is 4.79 Å². The molecule has 1 aromatic rings. The van der Waals surface area contributed by atoms with Crippen molar-refractivity contribution in [3.8, 4) is 5.75 Å². The topological polar surface area (TPSA) is 67.8 Å². The maximum absolute atomic E-state index is 11.5. The van der Waals surface area contributed by atoms with Crippen LogP contribution in [0.1, 0.15) is 51.7 Å². The first-order valence-electron chi connectivity index (χ1n) is 9.27. The van der Waals surface area contributed by atoms with Gasteiger partial charge in [-0.2, -0.15) is 0 Å². The number of hydrogen-bond donors (Lipinski definition) is 2. The third-order valence-electron chi connectivity index (χ3n) is 3.76. The van der Waals surface area contributed by atoms with Crippen molar-refractivity contribution in [1.29, 1.82) is 0 Å². The molecule has 0 fully saturated rings. The highest BCUT2D eigenvalue weighted by Gasteiger charge is 2.10. The Morgan fingerprint density at radius 3 is 2.64 bits per heavy atom. The number of carbonyl (C=O) groups is 1. The van der Waals surface area contributed by atoms with Crippen molar-refractivity contribution in [2.75, 3.05) is 19.8 Å². The summed E-state index contributed by atoms with van der Waals surface area (Å²) in [6, 6.07) is 6.35. The van der Waals surface area contributed by atoms with Gasteiger partial charge in [-0.1, -0.05) is 39.3 Å². The molecule has 0 aromatic heterocycles. The highest BCUT2D eigenvalue weighted by atomic mass is 16.5. The lowest BCUT2D eigenvalue weighted by Gasteiger charge is -2.17. The molecule has 2 N–H and O–H groups in total. The van der Waals surface area contributed by atoms with Crippen LogP contribution >= 0.6 is 0 Å². The van der Waals surface area contributed by atoms with Crippen molar-refractivity contribution in [2.24, 2.45) is 0 Å². The van der Waals surface area contributed by atoms with Crippen LogP contribution in [0.5, 0.6) is 5.75 Å². The Morgan fingerprint density at radius 1 is 1.24 bits per heavy atom.